The number of ether oxygens (including phenoxy) is 1. The van der Waals surface area contributed by atoms with E-state index in [1.165, 1.54) is 11.3 Å². The zero-order valence-corrected chi connectivity index (χ0v) is 15.8. The number of carbonyl (C=O) groups excluding carboxylic acids is 2. The van der Waals surface area contributed by atoms with Crippen molar-refractivity contribution in [1.82, 2.24) is 0 Å². The topological polar surface area (TPSA) is 55.4 Å². The molecule has 0 fully saturated rings. The van der Waals surface area contributed by atoms with Crippen LogP contribution in [-0.4, -0.2) is 18.0 Å². The molecule has 130 valence electrons. The third kappa shape index (κ3) is 5.98. The third-order valence-corrected chi connectivity index (χ3v) is 4.68. The average molecular weight is 340 g/mol. The molecule has 5 heteroatoms. The van der Waals surface area contributed by atoms with Crippen molar-refractivity contribution < 1.29 is 14.3 Å². The second kappa shape index (κ2) is 9.71. The van der Waals surface area contributed by atoms with Crippen LogP contribution in [0.3, 0.4) is 0 Å². The van der Waals surface area contributed by atoms with Crippen LogP contribution in [0.1, 0.15) is 80.6 Å². The van der Waals surface area contributed by atoms with Gasteiger partial charge in [-0.15, -0.1) is 11.3 Å². The molecule has 1 aromatic rings. The maximum Gasteiger partial charge on any atom is 0.341 e. The second-order valence-electron chi connectivity index (χ2n) is 6.01. The van der Waals surface area contributed by atoms with Gasteiger partial charge in [-0.1, -0.05) is 33.1 Å². The first kappa shape index (κ1) is 19.7. The van der Waals surface area contributed by atoms with E-state index in [0.717, 1.165) is 42.5 Å². The lowest BCUT2D eigenvalue weighted by Gasteiger charge is -2.11. The van der Waals surface area contributed by atoms with Crippen molar-refractivity contribution in [3.63, 3.8) is 0 Å². The molecule has 0 unspecified atom stereocenters. The van der Waals surface area contributed by atoms with Crippen molar-refractivity contribution in [2.45, 2.75) is 79.2 Å². The Labute approximate surface area is 143 Å². The minimum atomic E-state index is -0.345. The summed E-state index contributed by atoms with van der Waals surface area (Å²) in [6.45, 7) is 9.79. The molecule has 1 N–H and O–H groups in total. The van der Waals surface area contributed by atoms with Crippen LogP contribution in [0.2, 0.25) is 0 Å². The highest BCUT2D eigenvalue weighted by Crippen LogP contribution is 2.34. The Morgan fingerprint density at radius 2 is 1.87 bits per heavy atom. The summed E-state index contributed by atoms with van der Waals surface area (Å²) < 4.78 is 5.34. The third-order valence-electron chi connectivity index (χ3n) is 3.62. The number of anilines is 1. The molecular formula is C18H29NO3S. The minimum absolute atomic E-state index is 0.0244. The number of nitrogens with one attached hydrogen (secondary N) is 1. The number of thiophene rings is 1. The van der Waals surface area contributed by atoms with Gasteiger partial charge in [0.1, 0.15) is 5.00 Å². The van der Waals surface area contributed by atoms with Crippen molar-refractivity contribution in [3.05, 3.63) is 16.0 Å². The molecule has 0 saturated heterocycles. The van der Waals surface area contributed by atoms with E-state index in [0.29, 0.717) is 17.0 Å². The molecule has 0 aromatic carbocycles. The number of hydrogen-bond donors (Lipinski definition) is 1. The summed E-state index contributed by atoms with van der Waals surface area (Å²) in [5, 5.41) is 3.55. The lowest BCUT2D eigenvalue weighted by atomic mass is 10.1. The Kier molecular flexibility index (Phi) is 8.31. The molecule has 1 aromatic heterocycles. The van der Waals surface area contributed by atoms with Crippen LogP contribution in [0.4, 0.5) is 5.00 Å². The van der Waals surface area contributed by atoms with Gasteiger partial charge in [-0.2, -0.15) is 0 Å². The second-order valence-corrected chi connectivity index (χ2v) is 7.23. The smallest absolute Gasteiger partial charge is 0.341 e. The van der Waals surface area contributed by atoms with Crippen LogP contribution in [0.15, 0.2) is 0 Å². The van der Waals surface area contributed by atoms with E-state index in [4.69, 9.17) is 4.74 Å². The number of esters is 1. The van der Waals surface area contributed by atoms with Gasteiger partial charge in [0.2, 0.25) is 5.91 Å². The van der Waals surface area contributed by atoms with E-state index >= 15 is 0 Å². The van der Waals surface area contributed by atoms with Gasteiger partial charge in [-0.3, -0.25) is 4.79 Å². The van der Waals surface area contributed by atoms with Crippen LogP contribution in [0, 0.1) is 6.92 Å². The molecule has 1 amide bonds. The Bertz CT molecular complexity index is 535. The van der Waals surface area contributed by atoms with Crippen molar-refractivity contribution in [2.24, 2.45) is 0 Å². The Morgan fingerprint density at radius 3 is 2.43 bits per heavy atom. The van der Waals surface area contributed by atoms with Crippen molar-refractivity contribution in [1.29, 1.82) is 0 Å². The van der Waals surface area contributed by atoms with Crippen LogP contribution in [0.25, 0.3) is 0 Å². The first-order chi connectivity index (χ1) is 10.9. The summed E-state index contributed by atoms with van der Waals surface area (Å²) in [5.74, 6) is -0.369. The fourth-order valence-corrected chi connectivity index (χ4v) is 3.63. The van der Waals surface area contributed by atoms with E-state index in [1.807, 2.05) is 27.7 Å². The Morgan fingerprint density at radius 1 is 1.17 bits per heavy atom. The summed E-state index contributed by atoms with van der Waals surface area (Å²) in [7, 11) is 0. The summed E-state index contributed by atoms with van der Waals surface area (Å²) in [6, 6.07) is 0. The number of unbranched alkanes of at least 4 members (excludes halogenated alkanes) is 3. The predicted molar refractivity (Wildman–Crippen MR) is 96.4 cm³/mol. The Hall–Kier alpha value is -1.36. The Balaban J connectivity index is 2.85. The average Bonchev–Trinajstić information content (AvgIpc) is 2.78. The highest BCUT2D eigenvalue weighted by atomic mass is 32.1. The van der Waals surface area contributed by atoms with Gasteiger partial charge in [0.15, 0.2) is 0 Å². The molecule has 0 atom stereocenters. The number of rotatable bonds is 9. The van der Waals surface area contributed by atoms with E-state index in [1.54, 1.807) is 0 Å². The molecule has 23 heavy (non-hydrogen) atoms. The number of aryl methyl sites for hydroxylation is 1. The largest absolute Gasteiger partial charge is 0.459 e. The molecule has 0 aliphatic carbocycles. The number of carbonyl (C=O) groups is 2. The van der Waals surface area contributed by atoms with E-state index in [-0.39, 0.29) is 18.0 Å². The summed E-state index contributed by atoms with van der Waals surface area (Å²) in [4.78, 5) is 25.6. The number of hydrogen-bond acceptors (Lipinski definition) is 4. The molecule has 1 heterocycles. The van der Waals surface area contributed by atoms with Crippen LogP contribution >= 0.6 is 11.3 Å². The molecule has 0 aliphatic rings. The van der Waals surface area contributed by atoms with E-state index < -0.39 is 0 Å². The normalized spacial score (nSPS) is 10.9. The minimum Gasteiger partial charge on any atom is -0.459 e. The zero-order chi connectivity index (χ0) is 17.4. The lowest BCUT2D eigenvalue weighted by Crippen LogP contribution is -2.17. The highest BCUT2D eigenvalue weighted by molar-refractivity contribution is 7.16. The SMILES string of the molecule is CCCCCCC(=O)Nc1sc(C)c(CC)c1C(=O)OC(C)C. The van der Waals surface area contributed by atoms with Gasteiger partial charge < -0.3 is 10.1 Å². The van der Waals surface area contributed by atoms with Crippen molar-refractivity contribution in [3.8, 4) is 0 Å². The first-order valence-electron chi connectivity index (χ1n) is 8.53. The molecule has 1 rings (SSSR count). The molecule has 0 saturated carbocycles. The van der Waals surface area contributed by atoms with Gasteiger partial charge in [-0.25, -0.2) is 4.79 Å². The monoisotopic (exact) mass is 339 g/mol. The summed E-state index contributed by atoms with van der Waals surface area (Å²) in [6.07, 6.45) is 5.32. The fourth-order valence-electron chi connectivity index (χ4n) is 2.48. The maximum absolute atomic E-state index is 12.4. The molecule has 0 bridgehead atoms. The highest BCUT2D eigenvalue weighted by Gasteiger charge is 2.24. The lowest BCUT2D eigenvalue weighted by molar-refractivity contribution is -0.116. The summed E-state index contributed by atoms with van der Waals surface area (Å²) >= 11 is 1.46. The van der Waals surface area contributed by atoms with Crippen molar-refractivity contribution >= 4 is 28.2 Å². The first-order valence-corrected chi connectivity index (χ1v) is 9.35. The van der Waals surface area contributed by atoms with Crippen LogP contribution in [0.5, 0.6) is 0 Å². The van der Waals surface area contributed by atoms with Crippen molar-refractivity contribution in [2.75, 3.05) is 5.32 Å². The molecule has 0 aliphatic heterocycles. The van der Waals surface area contributed by atoms with E-state index in [2.05, 4.69) is 12.2 Å². The zero-order valence-electron chi connectivity index (χ0n) is 15.0. The molecule has 0 spiro atoms. The van der Waals surface area contributed by atoms with E-state index in [9.17, 15) is 9.59 Å². The van der Waals surface area contributed by atoms with Crippen LogP contribution in [-0.2, 0) is 16.0 Å². The van der Waals surface area contributed by atoms with Gasteiger partial charge >= 0.3 is 5.97 Å². The summed E-state index contributed by atoms with van der Waals surface area (Å²) in [5.41, 5.74) is 1.51. The quantitative estimate of drug-likeness (QED) is 0.503. The standard InChI is InChI=1S/C18H29NO3S/c1-6-8-9-10-11-15(20)19-17-16(18(21)22-12(3)4)14(7-2)13(5)23-17/h12H,6-11H2,1-5H3,(H,19,20). The maximum atomic E-state index is 12.4. The van der Waals surface area contributed by atoms with Gasteiger partial charge in [0, 0.05) is 11.3 Å². The van der Waals surface area contributed by atoms with Gasteiger partial charge in [-0.05, 0) is 39.2 Å². The molecule has 4 nitrogen and oxygen atoms in total. The predicted octanol–water partition coefficient (Wildman–Crippen LogP) is 5.09. The number of amides is 1. The molecular weight excluding hydrogens is 310 g/mol. The van der Waals surface area contributed by atoms with Gasteiger partial charge in [0.05, 0.1) is 11.7 Å². The van der Waals surface area contributed by atoms with Gasteiger partial charge in [0.25, 0.3) is 0 Å². The molecule has 0 radical (unpaired) electrons. The fraction of sp³-hybridized carbons (Fsp3) is 0.667. The van der Waals surface area contributed by atoms with Crippen LogP contribution < -0.4 is 5.32 Å².